The fraction of sp³-hybridized carbons (Fsp3) is 0.0500. The summed E-state index contributed by atoms with van der Waals surface area (Å²) in [5.74, 6) is 0.323. The summed E-state index contributed by atoms with van der Waals surface area (Å²) in [6.07, 6.45) is 1.51. The molecule has 0 aliphatic carbocycles. The lowest BCUT2D eigenvalue weighted by Gasteiger charge is -2.07. The molecule has 1 N–H and O–H groups in total. The average Bonchev–Trinajstić information content (AvgIpc) is 3.36. The monoisotopic (exact) mass is 362 g/mol. The molecule has 0 unspecified atom stereocenters. The summed E-state index contributed by atoms with van der Waals surface area (Å²) in [5, 5.41) is 7.33. The van der Waals surface area contributed by atoms with Crippen molar-refractivity contribution in [2.75, 3.05) is 5.32 Å². The maximum atomic E-state index is 13.4. The van der Waals surface area contributed by atoms with Crippen LogP contribution in [0.2, 0.25) is 0 Å². The first-order valence-corrected chi connectivity index (χ1v) is 8.30. The molecule has 6 nitrogen and oxygen atoms in total. The summed E-state index contributed by atoms with van der Waals surface area (Å²) >= 11 is 0. The van der Waals surface area contributed by atoms with Gasteiger partial charge in [-0.2, -0.15) is 9.67 Å². The summed E-state index contributed by atoms with van der Waals surface area (Å²) in [7, 11) is 0. The van der Waals surface area contributed by atoms with Crippen molar-refractivity contribution in [2.24, 2.45) is 0 Å². The van der Waals surface area contributed by atoms with Crippen molar-refractivity contribution in [2.45, 2.75) is 6.54 Å². The van der Waals surface area contributed by atoms with Crippen LogP contribution in [0.4, 0.5) is 10.3 Å². The Bertz CT molecular complexity index is 1060. The summed E-state index contributed by atoms with van der Waals surface area (Å²) in [6.45, 7) is 0.288. The molecule has 0 atom stereocenters. The Kier molecular flexibility index (Phi) is 4.49. The minimum absolute atomic E-state index is 0.250. The maximum Gasteiger partial charge on any atom is 0.281 e. The van der Waals surface area contributed by atoms with E-state index in [-0.39, 0.29) is 30.0 Å². The van der Waals surface area contributed by atoms with Crippen LogP contribution >= 0.6 is 0 Å². The van der Waals surface area contributed by atoms with E-state index in [1.165, 1.54) is 23.1 Å². The number of furan rings is 1. The quantitative estimate of drug-likeness (QED) is 0.581. The molecule has 0 saturated heterocycles. The third-order valence-electron chi connectivity index (χ3n) is 3.90. The third kappa shape index (κ3) is 3.62. The number of carbonyl (C=O) groups is 1. The number of rotatable bonds is 5. The first kappa shape index (κ1) is 16.7. The fourth-order valence-electron chi connectivity index (χ4n) is 2.61. The molecule has 27 heavy (non-hydrogen) atoms. The van der Waals surface area contributed by atoms with Gasteiger partial charge in [0.1, 0.15) is 5.82 Å². The van der Waals surface area contributed by atoms with Gasteiger partial charge in [0.25, 0.3) is 5.91 Å². The molecular weight excluding hydrogens is 347 g/mol. The Morgan fingerprint density at radius 3 is 2.67 bits per heavy atom. The summed E-state index contributed by atoms with van der Waals surface area (Å²) < 4.78 is 19.9. The van der Waals surface area contributed by atoms with Gasteiger partial charge in [-0.3, -0.25) is 4.79 Å². The zero-order valence-electron chi connectivity index (χ0n) is 14.2. The van der Waals surface area contributed by atoms with Gasteiger partial charge in [-0.25, -0.2) is 4.39 Å². The van der Waals surface area contributed by atoms with E-state index < -0.39 is 0 Å². The zero-order valence-corrected chi connectivity index (χ0v) is 14.2. The number of anilines is 1. The van der Waals surface area contributed by atoms with E-state index in [0.29, 0.717) is 11.3 Å². The molecular formula is C20H15FN4O2. The van der Waals surface area contributed by atoms with E-state index in [4.69, 9.17) is 4.42 Å². The van der Waals surface area contributed by atoms with Crippen LogP contribution in [0.1, 0.15) is 15.9 Å². The van der Waals surface area contributed by atoms with Crippen molar-refractivity contribution >= 4 is 11.9 Å². The van der Waals surface area contributed by atoms with E-state index in [1.54, 1.807) is 48.5 Å². The molecule has 0 aliphatic heterocycles. The van der Waals surface area contributed by atoms with Crippen LogP contribution in [0.3, 0.4) is 0 Å². The number of carbonyl (C=O) groups excluding carboxylic acids is 1. The van der Waals surface area contributed by atoms with Crippen molar-refractivity contribution in [3.8, 4) is 11.6 Å². The standard InChI is InChI=1S/C20H15FN4O2/c21-16-9-4-6-14(12-16)13-22-20-23-18(17-10-5-11-27-17)24-25(20)19(26)15-7-2-1-3-8-15/h1-12H,13H2,(H,22,23,24). The fourth-order valence-corrected chi connectivity index (χ4v) is 2.61. The van der Waals surface area contributed by atoms with E-state index in [0.717, 1.165) is 5.56 Å². The highest BCUT2D eigenvalue weighted by Gasteiger charge is 2.19. The first-order chi connectivity index (χ1) is 13.2. The van der Waals surface area contributed by atoms with Crippen LogP contribution < -0.4 is 5.32 Å². The normalized spacial score (nSPS) is 10.7. The third-order valence-corrected chi connectivity index (χ3v) is 3.90. The second-order valence-electron chi connectivity index (χ2n) is 5.80. The van der Waals surface area contributed by atoms with Crippen molar-refractivity contribution in [1.29, 1.82) is 0 Å². The molecule has 0 amide bonds. The maximum absolute atomic E-state index is 13.4. The Labute approximate surface area is 154 Å². The molecule has 2 heterocycles. The summed E-state index contributed by atoms with van der Waals surface area (Å²) in [4.78, 5) is 17.2. The first-order valence-electron chi connectivity index (χ1n) is 8.30. The van der Waals surface area contributed by atoms with E-state index in [1.807, 2.05) is 6.07 Å². The van der Waals surface area contributed by atoms with Crippen molar-refractivity contribution in [3.05, 3.63) is 89.9 Å². The Morgan fingerprint density at radius 2 is 1.93 bits per heavy atom. The van der Waals surface area contributed by atoms with Gasteiger partial charge in [0.2, 0.25) is 11.8 Å². The minimum Gasteiger partial charge on any atom is -0.461 e. The molecule has 2 aromatic heterocycles. The topological polar surface area (TPSA) is 73.0 Å². The predicted octanol–water partition coefficient (Wildman–Crippen LogP) is 3.98. The highest BCUT2D eigenvalue weighted by Crippen LogP contribution is 2.20. The number of nitrogens with zero attached hydrogens (tertiary/aromatic N) is 3. The molecule has 134 valence electrons. The second kappa shape index (κ2) is 7.25. The van der Waals surface area contributed by atoms with Crippen LogP contribution in [-0.2, 0) is 6.54 Å². The Morgan fingerprint density at radius 1 is 1.07 bits per heavy atom. The van der Waals surface area contributed by atoms with Gasteiger partial charge in [-0.1, -0.05) is 30.3 Å². The smallest absolute Gasteiger partial charge is 0.281 e. The zero-order chi connectivity index (χ0) is 18.6. The molecule has 7 heteroatoms. The molecule has 0 saturated carbocycles. The van der Waals surface area contributed by atoms with Crippen LogP contribution in [0, 0.1) is 5.82 Å². The van der Waals surface area contributed by atoms with E-state index in [9.17, 15) is 9.18 Å². The number of benzene rings is 2. The van der Waals surface area contributed by atoms with E-state index in [2.05, 4.69) is 15.4 Å². The summed E-state index contributed by atoms with van der Waals surface area (Å²) in [5.41, 5.74) is 1.19. The van der Waals surface area contributed by atoms with Crippen LogP contribution in [0.5, 0.6) is 0 Å². The lowest BCUT2D eigenvalue weighted by Crippen LogP contribution is -2.17. The van der Waals surface area contributed by atoms with Gasteiger partial charge in [0, 0.05) is 12.1 Å². The molecule has 0 bridgehead atoms. The number of hydrogen-bond donors (Lipinski definition) is 1. The largest absolute Gasteiger partial charge is 0.461 e. The van der Waals surface area contributed by atoms with Crippen molar-refractivity contribution in [3.63, 3.8) is 0 Å². The van der Waals surface area contributed by atoms with Gasteiger partial charge >= 0.3 is 0 Å². The van der Waals surface area contributed by atoms with Crippen LogP contribution in [0.25, 0.3) is 11.6 Å². The van der Waals surface area contributed by atoms with Gasteiger partial charge in [0.15, 0.2) is 5.76 Å². The number of nitrogens with one attached hydrogen (secondary N) is 1. The molecule has 0 fully saturated rings. The second-order valence-corrected chi connectivity index (χ2v) is 5.80. The SMILES string of the molecule is O=C(c1ccccc1)n1nc(-c2ccco2)nc1NCc1cccc(F)c1. The lowest BCUT2D eigenvalue weighted by molar-refractivity contribution is 0.0947. The number of aromatic nitrogens is 3. The molecule has 0 spiro atoms. The molecule has 2 aromatic carbocycles. The molecule has 4 rings (SSSR count). The minimum atomic E-state index is -0.331. The Balaban J connectivity index is 1.67. The highest BCUT2D eigenvalue weighted by atomic mass is 19.1. The molecule has 4 aromatic rings. The lowest BCUT2D eigenvalue weighted by atomic mass is 10.2. The van der Waals surface area contributed by atoms with Crippen LogP contribution in [-0.4, -0.2) is 20.7 Å². The number of halogens is 1. The van der Waals surface area contributed by atoms with Crippen LogP contribution in [0.15, 0.2) is 77.4 Å². The molecule has 0 radical (unpaired) electrons. The van der Waals surface area contributed by atoms with Gasteiger partial charge in [-0.15, -0.1) is 5.10 Å². The summed E-state index contributed by atoms with van der Waals surface area (Å²) in [6, 6.07) is 18.4. The van der Waals surface area contributed by atoms with E-state index >= 15 is 0 Å². The van der Waals surface area contributed by atoms with Gasteiger partial charge in [0.05, 0.1) is 6.26 Å². The van der Waals surface area contributed by atoms with Gasteiger partial charge in [-0.05, 0) is 42.0 Å². The van der Waals surface area contributed by atoms with Gasteiger partial charge < -0.3 is 9.73 Å². The Hall–Kier alpha value is -3.74. The average molecular weight is 362 g/mol. The molecule has 0 aliphatic rings. The highest BCUT2D eigenvalue weighted by molar-refractivity contribution is 5.97. The predicted molar refractivity (Wildman–Crippen MR) is 97.6 cm³/mol. The number of hydrogen-bond acceptors (Lipinski definition) is 5. The van der Waals surface area contributed by atoms with Crippen molar-refractivity contribution < 1.29 is 13.6 Å². The van der Waals surface area contributed by atoms with Crippen molar-refractivity contribution in [1.82, 2.24) is 14.8 Å².